The van der Waals surface area contributed by atoms with Crippen LogP contribution in [0.25, 0.3) is 0 Å². The van der Waals surface area contributed by atoms with Crippen molar-refractivity contribution in [1.82, 2.24) is 0 Å². The predicted octanol–water partition coefficient (Wildman–Crippen LogP) is 4.98. The van der Waals surface area contributed by atoms with E-state index < -0.39 is 6.10 Å². The molecule has 1 nitrogen and oxygen atoms in total. The monoisotopic (exact) mass is 354 g/mol. The first kappa shape index (κ1) is 15.5. The fraction of sp³-hybridized carbons (Fsp3) is 0.250. The van der Waals surface area contributed by atoms with Gasteiger partial charge in [-0.05, 0) is 47.2 Å². The summed E-state index contributed by atoms with van der Waals surface area (Å²) < 4.78 is 14.5. The maximum absolute atomic E-state index is 13.7. The molecular weight excluding hydrogens is 339 g/mol. The van der Waals surface area contributed by atoms with E-state index in [1.165, 1.54) is 11.0 Å². The van der Waals surface area contributed by atoms with Crippen molar-refractivity contribution >= 4 is 27.7 Å². The first-order valence-electron chi connectivity index (χ1n) is 6.45. The van der Waals surface area contributed by atoms with E-state index in [4.69, 9.17) is 0 Å². The van der Waals surface area contributed by atoms with Crippen LogP contribution in [0.4, 0.5) is 4.39 Å². The van der Waals surface area contributed by atoms with E-state index in [0.29, 0.717) is 5.56 Å². The third kappa shape index (κ3) is 4.08. The molecule has 2 aromatic carbocycles. The van der Waals surface area contributed by atoms with Crippen molar-refractivity contribution in [2.75, 3.05) is 5.75 Å². The Morgan fingerprint density at radius 2 is 1.90 bits per heavy atom. The number of aliphatic hydroxyl groups is 1. The highest BCUT2D eigenvalue weighted by molar-refractivity contribution is 9.10. The van der Waals surface area contributed by atoms with Crippen molar-refractivity contribution in [2.24, 2.45) is 0 Å². The summed E-state index contributed by atoms with van der Waals surface area (Å²) in [5.41, 5.74) is 1.32. The first-order chi connectivity index (χ1) is 9.60. The van der Waals surface area contributed by atoms with Crippen LogP contribution in [-0.2, 0) is 6.42 Å². The number of rotatable bonds is 5. The molecule has 1 N–H and O–H groups in total. The van der Waals surface area contributed by atoms with Crippen LogP contribution in [0.1, 0.15) is 24.2 Å². The van der Waals surface area contributed by atoms with Crippen LogP contribution in [0.5, 0.6) is 0 Å². The minimum absolute atomic E-state index is 0.269. The van der Waals surface area contributed by atoms with Crippen molar-refractivity contribution in [1.29, 1.82) is 0 Å². The SMILES string of the molecule is CCSc1ccc(C(O)Cc2cc(Br)ccc2F)cc1. The van der Waals surface area contributed by atoms with Gasteiger partial charge < -0.3 is 5.11 Å². The lowest BCUT2D eigenvalue weighted by Crippen LogP contribution is -2.03. The molecule has 0 aliphatic rings. The van der Waals surface area contributed by atoms with Gasteiger partial charge >= 0.3 is 0 Å². The number of hydrogen-bond donors (Lipinski definition) is 1. The third-order valence-corrected chi connectivity index (χ3v) is 4.38. The highest BCUT2D eigenvalue weighted by Crippen LogP contribution is 2.25. The molecule has 1 atom stereocenters. The van der Waals surface area contributed by atoms with Gasteiger partial charge in [-0.3, -0.25) is 0 Å². The molecule has 0 saturated carbocycles. The smallest absolute Gasteiger partial charge is 0.126 e. The number of benzene rings is 2. The summed E-state index contributed by atoms with van der Waals surface area (Å²) in [5.74, 6) is 0.732. The normalized spacial score (nSPS) is 12.4. The lowest BCUT2D eigenvalue weighted by Gasteiger charge is -2.12. The molecule has 2 aromatic rings. The Bertz CT molecular complexity index is 571. The predicted molar refractivity (Wildman–Crippen MR) is 85.6 cm³/mol. The average Bonchev–Trinajstić information content (AvgIpc) is 2.44. The fourth-order valence-corrected chi connectivity index (χ4v) is 3.05. The molecule has 0 aliphatic carbocycles. The fourth-order valence-electron chi connectivity index (χ4n) is 1.98. The van der Waals surface area contributed by atoms with E-state index >= 15 is 0 Å². The summed E-state index contributed by atoms with van der Waals surface area (Å²) in [6, 6.07) is 12.6. The minimum Gasteiger partial charge on any atom is -0.388 e. The molecule has 0 heterocycles. The third-order valence-electron chi connectivity index (χ3n) is 3.00. The Morgan fingerprint density at radius 1 is 1.20 bits per heavy atom. The molecule has 0 aliphatic heterocycles. The van der Waals surface area contributed by atoms with Crippen molar-refractivity contribution in [3.05, 3.63) is 63.9 Å². The number of hydrogen-bond acceptors (Lipinski definition) is 2. The Kier molecular flexibility index (Phi) is 5.64. The van der Waals surface area contributed by atoms with Crippen LogP contribution in [0.2, 0.25) is 0 Å². The van der Waals surface area contributed by atoms with Gasteiger partial charge in [0.2, 0.25) is 0 Å². The summed E-state index contributed by atoms with van der Waals surface area (Å²) in [4.78, 5) is 1.18. The Morgan fingerprint density at radius 3 is 2.55 bits per heavy atom. The van der Waals surface area contributed by atoms with E-state index in [0.717, 1.165) is 15.8 Å². The minimum atomic E-state index is -0.695. The molecule has 0 aromatic heterocycles. The van der Waals surface area contributed by atoms with Gasteiger partial charge in [0.05, 0.1) is 6.10 Å². The van der Waals surface area contributed by atoms with E-state index in [1.807, 2.05) is 24.3 Å². The number of thioether (sulfide) groups is 1. The van der Waals surface area contributed by atoms with Crippen molar-refractivity contribution in [2.45, 2.75) is 24.3 Å². The highest BCUT2D eigenvalue weighted by Gasteiger charge is 2.12. The number of aliphatic hydroxyl groups excluding tert-OH is 1. The molecule has 4 heteroatoms. The molecule has 0 saturated heterocycles. The molecule has 0 radical (unpaired) electrons. The van der Waals surface area contributed by atoms with Crippen LogP contribution in [-0.4, -0.2) is 10.9 Å². The zero-order valence-electron chi connectivity index (χ0n) is 11.1. The summed E-state index contributed by atoms with van der Waals surface area (Å²) in [6.45, 7) is 2.10. The van der Waals surface area contributed by atoms with Gasteiger partial charge in [0.15, 0.2) is 0 Å². The Balaban J connectivity index is 2.11. The van der Waals surface area contributed by atoms with Gasteiger partial charge in [0.1, 0.15) is 5.82 Å². The van der Waals surface area contributed by atoms with Crippen LogP contribution in [0.15, 0.2) is 51.8 Å². The van der Waals surface area contributed by atoms with E-state index in [-0.39, 0.29) is 12.2 Å². The second-order valence-corrected chi connectivity index (χ2v) is 6.71. The van der Waals surface area contributed by atoms with Crippen LogP contribution in [0.3, 0.4) is 0 Å². The molecule has 0 fully saturated rings. The maximum Gasteiger partial charge on any atom is 0.126 e. The van der Waals surface area contributed by atoms with E-state index in [1.54, 1.807) is 23.9 Å². The van der Waals surface area contributed by atoms with Gasteiger partial charge in [-0.1, -0.05) is 35.0 Å². The van der Waals surface area contributed by atoms with Crippen LogP contribution < -0.4 is 0 Å². The molecule has 0 bridgehead atoms. The maximum atomic E-state index is 13.7. The van der Waals surface area contributed by atoms with Gasteiger partial charge in [-0.2, -0.15) is 0 Å². The summed E-state index contributed by atoms with van der Waals surface area (Å²) in [6.07, 6.45) is -0.426. The molecule has 0 spiro atoms. The van der Waals surface area contributed by atoms with E-state index in [9.17, 15) is 9.50 Å². The van der Waals surface area contributed by atoms with Crippen molar-refractivity contribution in [3.8, 4) is 0 Å². The lowest BCUT2D eigenvalue weighted by atomic mass is 10.0. The summed E-state index contributed by atoms with van der Waals surface area (Å²) in [7, 11) is 0. The lowest BCUT2D eigenvalue weighted by molar-refractivity contribution is 0.177. The zero-order chi connectivity index (χ0) is 14.5. The van der Waals surface area contributed by atoms with Gasteiger partial charge in [-0.25, -0.2) is 4.39 Å². The second kappa shape index (κ2) is 7.25. The average molecular weight is 355 g/mol. The molecule has 2 rings (SSSR count). The summed E-state index contributed by atoms with van der Waals surface area (Å²) >= 11 is 5.07. The quantitative estimate of drug-likeness (QED) is 0.764. The molecule has 1 unspecified atom stereocenters. The Labute approximate surface area is 131 Å². The Hall–Kier alpha value is -0.840. The highest BCUT2D eigenvalue weighted by atomic mass is 79.9. The van der Waals surface area contributed by atoms with Crippen molar-refractivity contribution < 1.29 is 9.50 Å². The summed E-state index contributed by atoms with van der Waals surface area (Å²) in [5, 5.41) is 10.2. The van der Waals surface area contributed by atoms with Gasteiger partial charge in [0.25, 0.3) is 0 Å². The van der Waals surface area contributed by atoms with Gasteiger partial charge in [0, 0.05) is 15.8 Å². The molecule has 106 valence electrons. The topological polar surface area (TPSA) is 20.2 Å². The van der Waals surface area contributed by atoms with E-state index in [2.05, 4.69) is 22.9 Å². The van der Waals surface area contributed by atoms with Crippen LogP contribution in [0, 0.1) is 5.82 Å². The van der Waals surface area contributed by atoms with Crippen LogP contribution >= 0.6 is 27.7 Å². The zero-order valence-corrected chi connectivity index (χ0v) is 13.5. The largest absolute Gasteiger partial charge is 0.388 e. The molecule has 0 amide bonds. The molecular formula is C16H16BrFOS. The van der Waals surface area contributed by atoms with Crippen molar-refractivity contribution in [3.63, 3.8) is 0 Å². The molecule has 20 heavy (non-hydrogen) atoms. The first-order valence-corrected chi connectivity index (χ1v) is 8.22. The standard InChI is InChI=1S/C16H16BrFOS/c1-2-20-14-6-3-11(4-7-14)16(19)10-12-9-13(17)5-8-15(12)18/h3-9,16,19H,2,10H2,1H3. The number of halogens is 2. The van der Waals surface area contributed by atoms with Gasteiger partial charge in [-0.15, -0.1) is 11.8 Å². The second-order valence-electron chi connectivity index (χ2n) is 4.46.